The lowest BCUT2D eigenvalue weighted by Gasteiger charge is -2.20. The highest BCUT2D eigenvalue weighted by Crippen LogP contribution is 2.37. The van der Waals surface area contributed by atoms with Crippen LogP contribution in [0.2, 0.25) is 5.02 Å². The van der Waals surface area contributed by atoms with E-state index in [-0.39, 0.29) is 35.7 Å². The Balaban J connectivity index is 1.65. The van der Waals surface area contributed by atoms with E-state index in [2.05, 4.69) is 15.1 Å². The van der Waals surface area contributed by atoms with Crippen molar-refractivity contribution in [3.8, 4) is 11.6 Å². The number of para-hydroxylation sites is 1. The third-order valence-corrected chi connectivity index (χ3v) is 6.12. The summed E-state index contributed by atoms with van der Waals surface area (Å²) in [4.78, 5) is 43.6. The van der Waals surface area contributed by atoms with Crippen molar-refractivity contribution in [2.75, 3.05) is 0 Å². The first-order valence-corrected chi connectivity index (χ1v) is 11.1. The summed E-state index contributed by atoms with van der Waals surface area (Å²) in [5.41, 5.74) is 0.452. The second-order valence-corrected chi connectivity index (χ2v) is 8.36. The van der Waals surface area contributed by atoms with E-state index >= 15 is 0 Å². The first kappa shape index (κ1) is 21.7. The van der Waals surface area contributed by atoms with Crippen LogP contribution in [0, 0.1) is 0 Å². The minimum atomic E-state index is -0.818. The third-order valence-electron chi connectivity index (χ3n) is 5.89. The van der Waals surface area contributed by atoms with Gasteiger partial charge in [-0.2, -0.15) is 5.10 Å². The van der Waals surface area contributed by atoms with Crippen LogP contribution < -0.4 is 11.2 Å². The average Bonchev–Trinajstić information content (AvgIpc) is 3.42. The van der Waals surface area contributed by atoms with Crippen molar-refractivity contribution in [3.05, 3.63) is 91.7 Å². The lowest BCUT2D eigenvalue weighted by molar-refractivity contribution is -0.132. The predicted octanol–water partition coefficient (Wildman–Crippen LogP) is 3.45. The summed E-state index contributed by atoms with van der Waals surface area (Å²) in [6, 6.07) is 13.5. The number of rotatable bonds is 4. The Morgan fingerprint density at radius 1 is 1.21 bits per heavy atom. The van der Waals surface area contributed by atoms with Gasteiger partial charge in [-0.05, 0) is 24.3 Å². The number of nitrogens with zero attached hydrogens (tertiary/aromatic N) is 3. The number of fused-ring (bicyclic) bond motifs is 1. The summed E-state index contributed by atoms with van der Waals surface area (Å²) in [6.07, 6.45) is 2.21. The van der Waals surface area contributed by atoms with E-state index in [0.717, 1.165) is 21.0 Å². The highest BCUT2D eigenvalue weighted by molar-refractivity contribution is 6.30. The molecule has 0 radical (unpaired) electrons. The zero-order valence-corrected chi connectivity index (χ0v) is 18.8. The number of carbonyl (C=O) groups excluding carboxylic acids is 1. The smallest absolute Gasteiger partial charge is 0.335 e. The van der Waals surface area contributed by atoms with Crippen molar-refractivity contribution in [1.29, 1.82) is 0 Å². The molecular formula is C24H20ClN5O4. The Kier molecular flexibility index (Phi) is 5.33. The van der Waals surface area contributed by atoms with E-state index in [1.54, 1.807) is 25.1 Å². The van der Waals surface area contributed by atoms with Crippen molar-refractivity contribution in [2.45, 2.75) is 25.8 Å². The molecule has 3 N–H and O–H groups in total. The largest absolute Gasteiger partial charge is 0.493 e. The van der Waals surface area contributed by atoms with Crippen molar-refractivity contribution >= 4 is 34.1 Å². The number of amides is 1. The van der Waals surface area contributed by atoms with Gasteiger partial charge in [-0.15, -0.1) is 0 Å². The van der Waals surface area contributed by atoms with Gasteiger partial charge in [0.2, 0.25) is 11.8 Å². The maximum atomic E-state index is 12.8. The normalized spacial score (nSPS) is 15.6. The van der Waals surface area contributed by atoms with Crippen molar-refractivity contribution in [1.82, 2.24) is 19.5 Å². The van der Waals surface area contributed by atoms with Gasteiger partial charge in [0.05, 0.1) is 17.4 Å². The van der Waals surface area contributed by atoms with E-state index in [1.807, 2.05) is 30.5 Å². The Labute approximate surface area is 197 Å². The van der Waals surface area contributed by atoms with Gasteiger partial charge in [-0.25, -0.2) is 14.4 Å². The molecule has 2 aromatic carbocycles. The number of halogens is 1. The average molecular weight is 478 g/mol. The molecular weight excluding hydrogens is 458 g/mol. The molecule has 0 saturated heterocycles. The number of hydrogen-bond acceptors (Lipinski definition) is 5. The van der Waals surface area contributed by atoms with E-state index < -0.39 is 23.2 Å². The minimum absolute atomic E-state index is 0.171. The number of aromatic amines is 2. The van der Waals surface area contributed by atoms with Crippen molar-refractivity contribution in [3.63, 3.8) is 0 Å². The fraction of sp³-hybridized carbons (Fsp3) is 0.167. The molecule has 172 valence electrons. The summed E-state index contributed by atoms with van der Waals surface area (Å²) < 4.78 is 0.954. The maximum Gasteiger partial charge on any atom is 0.335 e. The Bertz CT molecular complexity index is 1580. The molecule has 0 spiro atoms. The topological polar surface area (TPSA) is 124 Å². The van der Waals surface area contributed by atoms with Crippen LogP contribution in [0.15, 0.2) is 69.4 Å². The summed E-state index contributed by atoms with van der Waals surface area (Å²) in [5, 5.41) is 18.1. The van der Waals surface area contributed by atoms with Crippen LogP contribution in [0.3, 0.4) is 0 Å². The molecule has 9 nitrogen and oxygen atoms in total. The molecule has 0 saturated carbocycles. The molecule has 1 atom stereocenters. The maximum absolute atomic E-state index is 12.8. The summed E-state index contributed by atoms with van der Waals surface area (Å²) in [6.45, 7) is 1.73. The van der Waals surface area contributed by atoms with Crippen LogP contribution in [0.25, 0.3) is 16.6 Å². The third kappa shape index (κ3) is 3.50. The lowest BCUT2D eigenvalue weighted by Crippen LogP contribution is -2.33. The molecule has 0 fully saturated rings. The van der Waals surface area contributed by atoms with E-state index in [4.69, 9.17) is 11.6 Å². The first-order chi connectivity index (χ1) is 16.4. The molecule has 1 aliphatic heterocycles. The molecule has 0 aliphatic carbocycles. The van der Waals surface area contributed by atoms with Gasteiger partial charge >= 0.3 is 5.69 Å². The number of aromatic nitrogens is 3. The standard InChI is InChI=1S/C24H20ClN5O4/c1-2-20(31)30-19(16-12-26-17-9-4-3-8-15(16)17)11-18(28-30)21-22(32)27-24(34)29(23(21)33)14-7-5-6-13(25)10-14/h3-10,12,19,26,33H,2,11H2,1H3,(H,27,32,34)/t19-/m1/s1. The van der Waals surface area contributed by atoms with Crippen molar-refractivity contribution < 1.29 is 9.90 Å². The van der Waals surface area contributed by atoms with Crippen LogP contribution in [0.4, 0.5) is 0 Å². The number of nitrogens with one attached hydrogen (secondary N) is 2. The molecule has 0 unspecified atom stereocenters. The number of hydrazone groups is 1. The van der Waals surface area contributed by atoms with Crippen LogP contribution in [0.5, 0.6) is 5.88 Å². The highest BCUT2D eigenvalue weighted by atomic mass is 35.5. The van der Waals surface area contributed by atoms with Gasteiger partial charge in [0.25, 0.3) is 5.56 Å². The number of H-pyrrole nitrogens is 2. The predicted molar refractivity (Wildman–Crippen MR) is 129 cm³/mol. The second-order valence-electron chi connectivity index (χ2n) is 7.92. The van der Waals surface area contributed by atoms with Gasteiger partial charge in [-0.1, -0.05) is 42.8 Å². The monoisotopic (exact) mass is 477 g/mol. The van der Waals surface area contributed by atoms with Gasteiger partial charge in [0.1, 0.15) is 5.56 Å². The Morgan fingerprint density at radius 2 is 2.00 bits per heavy atom. The second kappa shape index (κ2) is 8.35. The summed E-state index contributed by atoms with van der Waals surface area (Å²) in [7, 11) is 0. The van der Waals surface area contributed by atoms with Gasteiger partial charge < -0.3 is 10.1 Å². The van der Waals surface area contributed by atoms with Gasteiger partial charge in [0, 0.05) is 40.5 Å². The van der Waals surface area contributed by atoms with E-state index in [1.165, 1.54) is 11.1 Å². The molecule has 10 heteroatoms. The van der Waals surface area contributed by atoms with Crippen LogP contribution >= 0.6 is 11.6 Å². The molecule has 4 aromatic rings. The SMILES string of the molecule is CCC(=O)N1N=C(c2c(O)n(-c3cccc(Cl)c3)c(=O)[nH]c2=O)C[C@@H]1c1c[nH]c2ccccc12. The van der Waals surface area contributed by atoms with Gasteiger partial charge in [-0.3, -0.25) is 14.6 Å². The van der Waals surface area contributed by atoms with Crippen LogP contribution in [-0.2, 0) is 4.79 Å². The lowest BCUT2D eigenvalue weighted by atomic mass is 9.98. The van der Waals surface area contributed by atoms with Crippen LogP contribution in [-0.4, -0.2) is 36.3 Å². The first-order valence-electron chi connectivity index (χ1n) is 10.7. The fourth-order valence-corrected chi connectivity index (χ4v) is 4.49. The molecule has 34 heavy (non-hydrogen) atoms. The molecule has 5 rings (SSSR count). The zero-order chi connectivity index (χ0) is 24.0. The number of benzene rings is 2. The van der Waals surface area contributed by atoms with Gasteiger partial charge in [0.15, 0.2) is 0 Å². The van der Waals surface area contributed by atoms with E-state index in [0.29, 0.717) is 5.02 Å². The minimum Gasteiger partial charge on any atom is -0.493 e. The molecule has 1 amide bonds. The highest BCUT2D eigenvalue weighted by Gasteiger charge is 2.36. The van der Waals surface area contributed by atoms with Crippen molar-refractivity contribution in [2.24, 2.45) is 5.10 Å². The van der Waals surface area contributed by atoms with E-state index in [9.17, 15) is 19.5 Å². The van der Waals surface area contributed by atoms with Crippen LogP contribution in [0.1, 0.15) is 36.9 Å². The molecule has 0 bridgehead atoms. The quantitative estimate of drug-likeness (QED) is 0.416. The molecule has 2 aromatic heterocycles. The zero-order valence-electron chi connectivity index (χ0n) is 18.1. The summed E-state index contributed by atoms with van der Waals surface area (Å²) in [5.74, 6) is -0.803. The fourth-order valence-electron chi connectivity index (χ4n) is 4.31. The Morgan fingerprint density at radius 3 is 2.76 bits per heavy atom. The molecule has 3 heterocycles. The number of aromatic hydroxyl groups is 1. The number of carbonyl (C=O) groups is 1. The Hall–Kier alpha value is -4.11. The number of hydrogen-bond donors (Lipinski definition) is 3. The molecule has 1 aliphatic rings. The summed E-state index contributed by atoms with van der Waals surface area (Å²) >= 11 is 6.05.